The molecule has 2 heterocycles. The van der Waals surface area contributed by atoms with Gasteiger partial charge in [0.1, 0.15) is 6.07 Å². The second-order valence-corrected chi connectivity index (χ2v) is 4.28. The minimum Gasteiger partial charge on any atom is -0.263 e. The molecular weight excluding hydrogens is 192 g/mol. The van der Waals surface area contributed by atoms with E-state index >= 15 is 0 Å². The first-order chi connectivity index (χ1) is 6.81. The zero-order valence-corrected chi connectivity index (χ0v) is 8.71. The van der Waals surface area contributed by atoms with Gasteiger partial charge in [0.05, 0.1) is 5.56 Å². The lowest BCUT2D eigenvalue weighted by Gasteiger charge is -2.07. The van der Waals surface area contributed by atoms with Gasteiger partial charge in [-0.3, -0.25) is 4.98 Å². The van der Waals surface area contributed by atoms with E-state index in [1.54, 1.807) is 6.20 Å². The molecule has 1 aromatic heterocycles. The molecule has 2 nitrogen and oxygen atoms in total. The predicted molar refractivity (Wildman–Crippen MR) is 58.6 cm³/mol. The van der Waals surface area contributed by atoms with Crippen LogP contribution in [-0.4, -0.2) is 10.7 Å². The molecule has 0 spiro atoms. The van der Waals surface area contributed by atoms with Crippen LogP contribution in [0.2, 0.25) is 0 Å². The van der Waals surface area contributed by atoms with Crippen LogP contribution in [0.15, 0.2) is 23.9 Å². The highest BCUT2D eigenvalue weighted by atomic mass is 32.2. The van der Waals surface area contributed by atoms with Gasteiger partial charge in [0.25, 0.3) is 0 Å². The van der Waals surface area contributed by atoms with Gasteiger partial charge in [-0.05, 0) is 28.5 Å². The Balaban J connectivity index is 2.38. The molecule has 0 bridgehead atoms. The molecule has 0 fully saturated rings. The summed E-state index contributed by atoms with van der Waals surface area (Å²) in [6.07, 6.45) is 3.42. The smallest absolute Gasteiger partial charge is 0.101 e. The molecule has 0 N–H and O–H groups in total. The van der Waals surface area contributed by atoms with Gasteiger partial charge in [-0.1, -0.05) is 6.92 Å². The van der Waals surface area contributed by atoms with Crippen LogP contribution < -0.4 is 0 Å². The van der Waals surface area contributed by atoms with Crippen LogP contribution in [0.3, 0.4) is 0 Å². The van der Waals surface area contributed by atoms with Crippen molar-refractivity contribution in [2.75, 3.05) is 5.75 Å². The van der Waals surface area contributed by atoms with Gasteiger partial charge in [0.15, 0.2) is 0 Å². The first kappa shape index (κ1) is 9.29. The Kier molecular flexibility index (Phi) is 2.55. The van der Waals surface area contributed by atoms with Crippen molar-refractivity contribution in [3.8, 4) is 6.07 Å². The van der Waals surface area contributed by atoms with Crippen molar-refractivity contribution in [2.24, 2.45) is 5.92 Å². The van der Waals surface area contributed by atoms with Crippen molar-refractivity contribution < 1.29 is 0 Å². The van der Waals surface area contributed by atoms with E-state index in [0.717, 1.165) is 11.3 Å². The summed E-state index contributed by atoms with van der Waals surface area (Å²) in [7, 11) is 0. The number of hydrogen-bond acceptors (Lipinski definition) is 3. The molecule has 3 heteroatoms. The van der Waals surface area contributed by atoms with Gasteiger partial charge in [0, 0.05) is 18.1 Å². The lowest BCUT2D eigenvalue weighted by Crippen LogP contribution is -1.97. The third-order valence-corrected chi connectivity index (χ3v) is 3.40. The van der Waals surface area contributed by atoms with E-state index < -0.39 is 0 Å². The van der Waals surface area contributed by atoms with Crippen molar-refractivity contribution in [3.63, 3.8) is 0 Å². The van der Waals surface area contributed by atoms with Crippen molar-refractivity contribution >= 4 is 17.3 Å². The molecule has 2 rings (SSSR count). The topological polar surface area (TPSA) is 36.7 Å². The third-order valence-electron chi connectivity index (χ3n) is 2.29. The Morgan fingerprint density at radius 3 is 3.07 bits per heavy atom. The number of nitriles is 1. The van der Waals surface area contributed by atoms with Crippen LogP contribution in [0.5, 0.6) is 0 Å². The van der Waals surface area contributed by atoms with E-state index in [9.17, 15) is 0 Å². The van der Waals surface area contributed by atoms with Crippen LogP contribution in [-0.2, 0) is 0 Å². The van der Waals surface area contributed by atoms with E-state index in [2.05, 4.69) is 23.4 Å². The molecule has 1 aliphatic heterocycles. The summed E-state index contributed by atoms with van der Waals surface area (Å²) in [4.78, 5) is 4.06. The molecule has 1 unspecified atom stereocenters. The molecule has 0 radical (unpaired) electrons. The monoisotopic (exact) mass is 202 g/mol. The van der Waals surface area contributed by atoms with E-state index in [4.69, 9.17) is 5.26 Å². The Hall–Kier alpha value is -1.27. The molecule has 0 aliphatic carbocycles. The number of nitrogens with zero attached hydrogens (tertiary/aromatic N) is 2. The SMILES string of the molecule is CC1CSC=C1c1cncc(C#N)c1. The Labute approximate surface area is 87.7 Å². The van der Waals surface area contributed by atoms with Crippen LogP contribution in [0, 0.1) is 17.2 Å². The molecule has 1 atom stereocenters. The lowest BCUT2D eigenvalue weighted by atomic mass is 9.98. The number of aromatic nitrogens is 1. The highest BCUT2D eigenvalue weighted by Crippen LogP contribution is 2.34. The summed E-state index contributed by atoms with van der Waals surface area (Å²) in [6, 6.07) is 4.01. The summed E-state index contributed by atoms with van der Waals surface area (Å²) < 4.78 is 0. The van der Waals surface area contributed by atoms with E-state index in [1.807, 2.05) is 24.0 Å². The molecule has 0 amide bonds. The maximum Gasteiger partial charge on any atom is 0.101 e. The number of allylic oxidation sites excluding steroid dienone is 1. The fraction of sp³-hybridized carbons (Fsp3) is 0.273. The number of hydrogen-bond donors (Lipinski definition) is 0. The van der Waals surface area contributed by atoms with E-state index in [-0.39, 0.29) is 0 Å². The van der Waals surface area contributed by atoms with Gasteiger partial charge in [-0.15, -0.1) is 11.8 Å². The predicted octanol–water partition coefficient (Wildman–Crippen LogP) is 2.68. The minimum absolute atomic E-state index is 0.566. The summed E-state index contributed by atoms with van der Waals surface area (Å²) in [6.45, 7) is 2.20. The number of rotatable bonds is 1. The van der Waals surface area contributed by atoms with Crippen LogP contribution >= 0.6 is 11.8 Å². The van der Waals surface area contributed by atoms with Crippen LogP contribution in [0.25, 0.3) is 5.57 Å². The Morgan fingerprint density at radius 2 is 2.43 bits per heavy atom. The minimum atomic E-state index is 0.566. The fourth-order valence-corrected chi connectivity index (χ4v) is 2.61. The van der Waals surface area contributed by atoms with Gasteiger partial charge in [-0.25, -0.2) is 0 Å². The number of thioether (sulfide) groups is 1. The van der Waals surface area contributed by atoms with Gasteiger partial charge >= 0.3 is 0 Å². The van der Waals surface area contributed by atoms with Crippen molar-refractivity contribution in [2.45, 2.75) is 6.92 Å². The highest BCUT2D eigenvalue weighted by Gasteiger charge is 2.16. The Morgan fingerprint density at radius 1 is 1.57 bits per heavy atom. The molecule has 0 aromatic carbocycles. The van der Waals surface area contributed by atoms with Crippen molar-refractivity contribution in [3.05, 3.63) is 35.0 Å². The van der Waals surface area contributed by atoms with Gasteiger partial charge in [0.2, 0.25) is 0 Å². The second kappa shape index (κ2) is 3.85. The van der Waals surface area contributed by atoms with Gasteiger partial charge < -0.3 is 0 Å². The lowest BCUT2D eigenvalue weighted by molar-refractivity contribution is 0.882. The molecule has 0 saturated carbocycles. The highest BCUT2D eigenvalue weighted by molar-refractivity contribution is 8.02. The average Bonchev–Trinajstić information content (AvgIpc) is 2.65. The average molecular weight is 202 g/mol. The normalized spacial score (nSPS) is 20.3. The van der Waals surface area contributed by atoms with Crippen LogP contribution in [0.1, 0.15) is 18.1 Å². The Bertz CT molecular complexity index is 418. The molecule has 1 aliphatic rings. The molecule has 1 aromatic rings. The standard InChI is InChI=1S/C11H10N2S/c1-8-6-14-7-11(8)10-2-9(3-12)4-13-5-10/h2,4-5,7-8H,6H2,1H3. The van der Waals surface area contributed by atoms with Crippen LogP contribution in [0.4, 0.5) is 0 Å². The molecular formula is C11H10N2S. The first-order valence-corrected chi connectivity index (χ1v) is 5.53. The van der Waals surface area contributed by atoms with Crippen molar-refractivity contribution in [1.82, 2.24) is 4.98 Å². The number of pyridine rings is 1. The summed E-state index contributed by atoms with van der Waals surface area (Å²) in [5, 5.41) is 10.9. The fourth-order valence-electron chi connectivity index (χ4n) is 1.50. The first-order valence-electron chi connectivity index (χ1n) is 4.48. The van der Waals surface area contributed by atoms with E-state index in [0.29, 0.717) is 11.5 Å². The quantitative estimate of drug-likeness (QED) is 0.702. The summed E-state index contributed by atoms with van der Waals surface area (Å²) >= 11 is 1.83. The van der Waals surface area contributed by atoms with E-state index in [1.165, 1.54) is 5.57 Å². The zero-order valence-electron chi connectivity index (χ0n) is 7.90. The largest absolute Gasteiger partial charge is 0.263 e. The van der Waals surface area contributed by atoms with Gasteiger partial charge in [-0.2, -0.15) is 5.26 Å². The third kappa shape index (κ3) is 1.66. The second-order valence-electron chi connectivity index (χ2n) is 3.38. The molecule has 14 heavy (non-hydrogen) atoms. The molecule has 70 valence electrons. The summed E-state index contributed by atoms with van der Waals surface area (Å²) in [5.74, 6) is 1.70. The van der Waals surface area contributed by atoms with Crippen molar-refractivity contribution in [1.29, 1.82) is 5.26 Å². The maximum absolute atomic E-state index is 8.76. The molecule has 0 saturated heterocycles. The summed E-state index contributed by atoms with van der Waals surface area (Å²) in [5.41, 5.74) is 3.02. The zero-order chi connectivity index (χ0) is 9.97. The maximum atomic E-state index is 8.76.